The van der Waals surface area contributed by atoms with Crippen molar-refractivity contribution in [3.05, 3.63) is 12.7 Å². The molecule has 0 aromatic heterocycles. The molecule has 0 fully saturated rings. The summed E-state index contributed by atoms with van der Waals surface area (Å²) in [5.74, 6) is -1.11. The average Bonchev–Trinajstić information content (AvgIpc) is 2.15. The summed E-state index contributed by atoms with van der Waals surface area (Å²) >= 11 is 0. The number of rotatable bonds is 6. The number of hydrogen-bond acceptors (Lipinski definition) is 3. The topological polar surface area (TPSA) is 89.9 Å². The van der Waals surface area contributed by atoms with Gasteiger partial charge in [-0.15, -0.1) is 6.58 Å². The Morgan fingerprint density at radius 1 is 1.56 bits per heavy atom. The van der Waals surface area contributed by atoms with E-state index in [-0.39, 0.29) is 13.0 Å². The van der Waals surface area contributed by atoms with E-state index in [4.69, 9.17) is 10.2 Å². The van der Waals surface area contributed by atoms with Gasteiger partial charge in [-0.05, 0) is 13.3 Å². The number of likely N-dealkylation sites (N-methyl/N-ethyl adjacent to an activating group) is 1. The number of aliphatic hydroxyl groups excluding tert-OH is 1. The van der Waals surface area contributed by atoms with Gasteiger partial charge in [0.1, 0.15) is 6.04 Å². The van der Waals surface area contributed by atoms with Gasteiger partial charge in [0.15, 0.2) is 0 Å². The van der Waals surface area contributed by atoms with Crippen LogP contribution < -0.4 is 5.32 Å². The number of carboxylic acid groups (broad SMARTS) is 1. The fraction of sp³-hybridized carbons (Fsp3) is 0.600. The summed E-state index contributed by atoms with van der Waals surface area (Å²) < 4.78 is 0. The van der Waals surface area contributed by atoms with Crippen LogP contribution in [-0.2, 0) is 4.79 Å². The van der Waals surface area contributed by atoms with Gasteiger partial charge in [0, 0.05) is 13.6 Å². The number of carbonyl (C=O) groups excluding carboxylic acids is 1. The van der Waals surface area contributed by atoms with E-state index in [1.807, 2.05) is 0 Å². The van der Waals surface area contributed by atoms with Crippen molar-refractivity contribution in [2.24, 2.45) is 0 Å². The van der Waals surface area contributed by atoms with E-state index < -0.39 is 24.1 Å². The van der Waals surface area contributed by atoms with Gasteiger partial charge in [-0.3, -0.25) is 0 Å². The molecule has 6 nitrogen and oxygen atoms in total. The van der Waals surface area contributed by atoms with Gasteiger partial charge < -0.3 is 20.4 Å². The maximum absolute atomic E-state index is 11.5. The molecule has 2 atom stereocenters. The third-order valence-electron chi connectivity index (χ3n) is 1.88. The molecular formula is C10H18N2O4. The van der Waals surface area contributed by atoms with Gasteiger partial charge in [-0.2, -0.15) is 0 Å². The van der Waals surface area contributed by atoms with Crippen molar-refractivity contribution < 1.29 is 19.8 Å². The number of nitrogens with zero attached hydrogens (tertiary/aromatic N) is 1. The standard InChI is InChI=1S/C10H18N2O4/c1-4-5-8(9(14)15)11-10(16)12(3)6-7(2)13/h4,7-8,13H,1,5-6H2,2-3H3,(H,11,16)(H,14,15). The predicted octanol–water partition coefficient (Wildman–Crippen LogP) is 0.0379. The number of urea groups is 1. The van der Waals surface area contributed by atoms with Crippen LogP contribution in [-0.4, -0.2) is 52.9 Å². The summed E-state index contributed by atoms with van der Waals surface area (Å²) in [6.07, 6.45) is 0.926. The Morgan fingerprint density at radius 3 is 2.50 bits per heavy atom. The third-order valence-corrected chi connectivity index (χ3v) is 1.88. The molecule has 0 aliphatic carbocycles. The highest BCUT2D eigenvalue weighted by atomic mass is 16.4. The quantitative estimate of drug-likeness (QED) is 0.562. The molecule has 2 amide bonds. The van der Waals surface area contributed by atoms with Crippen LogP contribution in [0.5, 0.6) is 0 Å². The lowest BCUT2D eigenvalue weighted by molar-refractivity contribution is -0.139. The van der Waals surface area contributed by atoms with E-state index in [1.165, 1.54) is 18.0 Å². The van der Waals surface area contributed by atoms with Crippen molar-refractivity contribution >= 4 is 12.0 Å². The Hall–Kier alpha value is -1.56. The van der Waals surface area contributed by atoms with Crippen molar-refractivity contribution in [1.29, 1.82) is 0 Å². The molecule has 2 unspecified atom stereocenters. The lowest BCUT2D eigenvalue weighted by Gasteiger charge is -2.21. The molecule has 0 radical (unpaired) electrons. The lowest BCUT2D eigenvalue weighted by Crippen LogP contribution is -2.47. The number of carbonyl (C=O) groups is 2. The zero-order valence-corrected chi connectivity index (χ0v) is 9.51. The summed E-state index contributed by atoms with van der Waals surface area (Å²) in [6.45, 7) is 5.10. The second-order valence-electron chi connectivity index (χ2n) is 3.59. The fourth-order valence-electron chi connectivity index (χ4n) is 1.13. The summed E-state index contributed by atoms with van der Waals surface area (Å²) in [5, 5.41) is 20.2. The Labute approximate surface area is 94.6 Å². The number of aliphatic carboxylic acids is 1. The van der Waals surface area contributed by atoms with Crippen LogP contribution in [0.3, 0.4) is 0 Å². The second-order valence-corrected chi connectivity index (χ2v) is 3.59. The monoisotopic (exact) mass is 230 g/mol. The predicted molar refractivity (Wildman–Crippen MR) is 59.1 cm³/mol. The summed E-state index contributed by atoms with van der Waals surface area (Å²) in [5.41, 5.74) is 0. The van der Waals surface area contributed by atoms with E-state index >= 15 is 0 Å². The Morgan fingerprint density at radius 2 is 2.12 bits per heavy atom. The minimum atomic E-state index is -1.11. The van der Waals surface area contributed by atoms with E-state index in [9.17, 15) is 9.59 Å². The molecule has 0 aromatic carbocycles. The van der Waals surface area contributed by atoms with Crippen molar-refractivity contribution in [3.8, 4) is 0 Å². The number of carboxylic acids is 1. The first-order chi connectivity index (χ1) is 7.38. The highest BCUT2D eigenvalue weighted by Gasteiger charge is 2.20. The number of hydrogen-bond donors (Lipinski definition) is 3. The molecule has 0 aliphatic heterocycles. The minimum absolute atomic E-state index is 0.145. The van der Waals surface area contributed by atoms with Crippen LogP contribution >= 0.6 is 0 Å². The van der Waals surface area contributed by atoms with Crippen LogP contribution in [0.4, 0.5) is 4.79 Å². The van der Waals surface area contributed by atoms with Gasteiger partial charge in [-0.1, -0.05) is 6.08 Å². The SMILES string of the molecule is C=CCC(NC(=O)N(C)CC(C)O)C(=O)O. The fourth-order valence-corrected chi connectivity index (χ4v) is 1.13. The highest BCUT2D eigenvalue weighted by molar-refractivity contribution is 5.82. The van der Waals surface area contributed by atoms with Crippen molar-refractivity contribution in [2.45, 2.75) is 25.5 Å². The van der Waals surface area contributed by atoms with Gasteiger partial charge in [0.25, 0.3) is 0 Å². The lowest BCUT2D eigenvalue weighted by atomic mass is 10.2. The maximum atomic E-state index is 11.5. The maximum Gasteiger partial charge on any atom is 0.326 e. The zero-order chi connectivity index (χ0) is 12.7. The van der Waals surface area contributed by atoms with Crippen molar-refractivity contribution in [1.82, 2.24) is 10.2 Å². The Bertz CT molecular complexity index is 266. The van der Waals surface area contributed by atoms with Crippen LogP contribution in [0, 0.1) is 0 Å². The highest BCUT2D eigenvalue weighted by Crippen LogP contribution is 1.96. The van der Waals surface area contributed by atoms with Crippen LogP contribution in [0.2, 0.25) is 0 Å². The first kappa shape index (κ1) is 14.4. The van der Waals surface area contributed by atoms with E-state index in [0.29, 0.717) is 0 Å². The molecule has 3 N–H and O–H groups in total. The van der Waals surface area contributed by atoms with Crippen LogP contribution in [0.1, 0.15) is 13.3 Å². The first-order valence-electron chi connectivity index (χ1n) is 4.91. The average molecular weight is 230 g/mol. The molecule has 0 bridgehead atoms. The largest absolute Gasteiger partial charge is 0.480 e. The smallest absolute Gasteiger partial charge is 0.326 e. The summed E-state index contributed by atoms with van der Waals surface area (Å²) in [4.78, 5) is 23.4. The Kier molecular flexibility index (Phi) is 6.17. The molecule has 92 valence electrons. The van der Waals surface area contributed by atoms with Gasteiger partial charge in [0.2, 0.25) is 0 Å². The number of amides is 2. The van der Waals surface area contributed by atoms with E-state index in [1.54, 1.807) is 6.92 Å². The van der Waals surface area contributed by atoms with Gasteiger partial charge >= 0.3 is 12.0 Å². The van der Waals surface area contributed by atoms with Crippen LogP contribution in [0.25, 0.3) is 0 Å². The van der Waals surface area contributed by atoms with E-state index in [2.05, 4.69) is 11.9 Å². The van der Waals surface area contributed by atoms with E-state index in [0.717, 1.165) is 0 Å². The first-order valence-corrected chi connectivity index (χ1v) is 4.91. The molecule has 0 spiro atoms. The molecule has 16 heavy (non-hydrogen) atoms. The van der Waals surface area contributed by atoms with Crippen molar-refractivity contribution in [3.63, 3.8) is 0 Å². The van der Waals surface area contributed by atoms with Crippen LogP contribution in [0.15, 0.2) is 12.7 Å². The molecule has 0 rings (SSSR count). The molecular weight excluding hydrogens is 212 g/mol. The van der Waals surface area contributed by atoms with Gasteiger partial charge in [-0.25, -0.2) is 9.59 Å². The molecule has 0 aliphatic rings. The Balaban J connectivity index is 4.28. The third kappa shape index (κ3) is 5.35. The zero-order valence-electron chi connectivity index (χ0n) is 9.51. The molecule has 0 heterocycles. The number of aliphatic hydroxyl groups is 1. The summed E-state index contributed by atoms with van der Waals surface area (Å²) in [6, 6.07) is -1.52. The second kappa shape index (κ2) is 6.84. The molecule has 0 saturated heterocycles. The normalized spacial score (nSPS) is 13.7. The van der Waals surface area contributed by atoms with Gasteiger partial charge in [0.05, 0.1) is 6.10 Å². The van der Waals surface area contributed by atoms with Crippen molar-refractivity contribution in [2.75, 3.05) is 13.6 Å². The number of nitrogens with one attached hydrogen (secondary N) is 1. The minimum Gasteiger partial charge on any atom is -0.480 e. The molecule has 0 aromatic rings. The molecule has 0 saturated carbocycles. The molecule has 6 heteroatoms. The summed E-state index contributed by atoms with van der Waals surface area (Å²) in [7, 11) is 1.48.